The Hall–Kier alpha value is -1.56. The molecular formula is C16H23N3O2. The molecule has 0 unspecified atom stereocenters. The van der Waals surface area contributed by atoms with Crippen LogP contribution in [0.4, 0.5) is 0 Å². The smallest absolute Gasteiger partial charge is 0.238 e. The number of nitrogens with zero attached hydrogens (tertiary/aromatic N) is 2. The maximum absolute atomic E-state index is 12.5. The van der Waals surface area contributed by atoms with Gasteiger partial charge in [0.05, 0.1) is 25.3 Å². The quantitative estimate of drug-likeness (QED) is 0.750. The van der Waals surface area contributed by atoms with Gasteiger partial charge in [-0.05, 0) is 32.6 Å². The Morgan fingerprint density at radius 1 is 1.38 bits per heavy atom. The molecule has 1 amide bonds. The van der Waals surface area contributed by atoms with E-state index in [-0.39, 0.29) is 36.7 Å². The summed E-state index contributed by atoms with van der Waals surface area (Å²) in [6.07, 6.45) is 5.41. The maximum atomic E-state index is 12.5. The summed E-state index contributed by atoms with van der Waals surface area (Å²) in [5.74, 6) is 5.77. The van der Waals surface area contributed by atoms with Gasteiger partial charge in [-0.1, -0.05) is 18.8 Å². The van der Waals surface area contributed by atoms with Gasteiger partial charge in [0.1, 0.15) is 6.04 Å². The van der Waals surface area contributed by atoms with Crippen LogP contribution in [-0.4, -0.2) is 46.7 Å². The Bertz CT molecular complexity index is 480. The van der Waals surface area contributed by atoms with Gasteiger partial charge in [-0.15, -0.1) is 5.92 Å². The van der Waals surface area contributed by atoms with Crippen molar-refractivity contribution in [3.63, 3.8) is 0 Å². The third-order valence-electron chi connectivity index (χ3n) is 4.61. The molecule has 1 saturated heterocycles. The summed E-state index contributed by atoms with van der Waals surface area (Å²) in [4.78, 5) is 14.1. The van der Waals surface area contributed by atoms with Crippen LogP contribution in [0.1, 0.15) is 45.4 Å². The number of aliphatic hydroxyl groups is 1. The van der Waals surface area contributed by atoms with E-state index in [0.29, 0.717) is 6.42 Å². The highest BCUT2D eigenvalue weighted by Crippen LogP contribution is 2.29. The average Bonchev–Trinajstić information content (AvgIpc) is 3.12. The first-order chi connectivity index (χ1) is 10.2. The minimum atomic E-state index is -0.376. The molecule has 0 spiro atoms. The van der Waals surface area contributed by atoms with Crippen molar-refractivity contribution in [2.75, 3.05) is 13.2 Å². The van der Waals surface area contributed by atoms with Crippen molar-refractivity contribution in [1.29, 1.82) is 5.26 Å². The van der Waals surface area contributed by atoms with Gasteiger partial charge in [-0.25, -0.2) is 0 Å². The standard InChI is InChI=1S/C16H23N3O2/c1-2-5-13-6-7-14(10-17)19(13)15(21)11-18-16(12-20)8-3-4-9-16/h13-14,18,20H,3-4,6-9,11-12H2,1H3/t13-,14-/m0/s1. The summed E-state index contributed by atoms with van der Waals surface area (Å²) >= 11 is 0. The van der Waals surface area contributed by atoms with Gasteiger partial charge in [0, 0.05) is 5.54 Å². The van der Waals surface area contributed by atoms with Gasteiger partial charge in [-0.2, -0.15) is 5.26 Å². The number of rotatable bonds is 4. The predicted octanol–water partition coefficient (Wildman–Crippen LogP) is 0.788. The summed E-state index contributed by atoms with van der Waals surface area (Å²) in [5, 5.41) is 22.0. The third-order valence-corrected chi connectivity index (χ3v) is 4.61. The van der Waals surface area contributed by atoms with Crippen LogP contribution in [0, 0.1) is 23.2 Å². The van der Waals surface area contributed by atoms with E-state index in [0.717, 1.165) is 32.1 Å². The molecule has 1 aliphatic heterocycles. The van der Waals surface area contributed by atoms with Crippen LogP contribution in [0.25, 0.3) is 0 Å². The molecule has 5 nitrogen and oxygen atoms in total. The molecule has 0 radical (unpaired) electrons. The number of carbonyl (C=O) groups excluding carboxylic acids is 1. The maximum Gasteiger partial charge on any atom is 0.238 e. The van der Waals surface area contributed by atoms with Crippen molar-refractivity contribution in [2.24, 2.45) is 0 Å². The molecule has 2 N–H and O–H groups in total. The Kier molecular flexibility index (Phi) is 5.22. The zero-order valence-corrected chi connectivity index (χ0v) is 12.6. The Balaban J connectivity index is 2.00. The van der Waals surface area contributed by atoms with Gasteiger partial charge in [0.25, 0.3) is 0 Å². The molecule has 2 rings (SSSR count). The largest absolute Gasteiger partial charge is 0.394 e. The van der Waals surface area contributed by atoms with Crippen molar-refractivity contribution >= 4 is 5.91 Å². The molecule has 2 fully saturated rings. The van der Waals surface area contributed by atoms with E-state index in [1.807, 2.05) is 0 Å². The zero-order chi connectivity index (χ0) is 15.3. The summed E-state index contributed by atoms with van der Waals surface area (Å²) < 4.78 is 0. The lowest BCUT2D eigenvalue weighted by atomic mass is 9.99. The number of hydrogen-bond donors (Lipinski definition) is 2. The molecule has 2 atom stereocenters. The van der Waals surface area contributed by atoms with Crippen molar-refractivity contribution in [2.45, 2.75) is 63.1 Å². The van der Waals surface area contributed by atoms with E-state index in [1.165, 1.54) is 0 Å². The molecule has 1 saturated carbocycles. The number of hydrogen-bond acceptors (Lipinski definition) is 4. The van der Waals surface area contributed by atoms with Gasteiger partial charge < -0.3 is 15.3 Å². The Morgan fingerprint density at radius 3 is 2.62 bits per heavy atom. The molecule has 0 bridgehead atoms. The van der Waals surface area contributed by atoms with Crippen LogP contribution < -0.4 is 5.32 Å². The third kappa shape index (κ3) is 3.37. The first-order valence-electron chi connectivity index (χ1n) is 7.65. The van der Waals surface area contributed by atoms with Gasteiger partial charge >= 0.3 is 0 Å². The summed E-state index contributed by atoms with van der Waals surface area (Å²) in [6, 6.07) is 1.67. The first kappa shape index (κ1) is 15.8. The van der Waals surface area contributed by atoms with Crippen molar-refractivity contribution in [3.05, 3.63) is 0 Å². The van der Waals surface area contributed by atoms with E-state index >= 15 is 0 Å². The zero-order valence-electron chi connectivity index (χ0n) is 12.6. The topological polar surface area (TPSA) is 76.4 Å². The van der Waals surface area contributed by atoms with Crippen LogP contribution in [0.15, 0.2) is 0 Å². The van der Waals surface area contributed by atoms with E-state index in [9.17, 15) is 15.2 Å². The fraction of sp³-hybridized carbons (Fsp3) is 0.750. The molecule has 0 aromatic rings. The highest BCUT2D eigenvalue weighted by Gasteiger charge is 2.38. The van der Waals surface area contributed by atoms with E-state index < -0.39 is 0 Å². The fourth-order valence-electron chi connectivity index (χ4n) is 3.39. The van der Waals surface area contributed by atoms with Crippen LogP contribution in [0.2, 0.25) is 0 Å². The Morgan fingerprint density at radius 2 is 2.05 bits per heavy atom. The average molecular weight is 289 g/mol. The highest BCUT2D eigenvalue weighted by molar-refractivity contribution is 5.80. The molecule has 2 aliphatic rings. The van der Waals surface area contributed by atoms with Crippen LogP contribution in [-0.2, 0) is 4.79 Å². The summed E-state index contributed by atoms with van der Waals surface area (Å²) in [7, 11) is 0. The lowest BCUT2D eigenvalue weighted by Gasteiger charge is -2.30. The monoisotopic (exact) mass is 289 g/mol. The molecule has 5 heteroatoms. The molecule has 114 valence electrons. The SMILES string of the molecule is CC#C[C@H]1CC[C@@H](C#N)N1C(=O)CNC1(CO)CCCC1. The normalized spacial score (nSPS) is 27.0. The van der Waals surface area contributed by atoms with Crippen molar-refractivity contribution in [1.82, 2.24) is 10.2 Å². The summed E-state index contributed by atoms with van der Waals surface area (Å²) in [6.45, 7) is 1.97. The number of amides is 1. The number of aliphatic hydroxyl groups excluding tert-OH is 1. The second-order valence-corrected chi connectivity index (χ2v) is 5.93. The highest BCUT2D eigenvalue weighted by atomic mass is 16.3. The van der Waals surface area contributed by atoms with Crippen molar-refractivity contribution < 1.29 is 9.90 Å². The van der Waals surface area contributed by atoms with E-state index in [2.05, 4.69) is 23.2 Å². The second-order valence-electron chi connectivity index (χ2n) is 5.93. The van der Waals surface area contributed by atoms with Crippen LogP contribution in [0.5, 0.6) is 0 Å². The van der Waals surface area contributed by atoms with Crippen molar-refractivity contribution in [3.8, 4) is 17.9 Å². The fourth-order valence-corrected chi connectivity index (χ4v) is 3.39. The van der Waals surface area contributed by atoms with E-state index in [1.54, 1.807) is 11.8 Å². The van der Waals surface area contributed by atoms with Crippen LogP contribution in [0.3, 0.4) is 0 Å². The Labute approximate surface area is 126 Å². The van der Waals surface area contributed by atoms with Gasteiger partial charge in [0.15, 0.2) is 0 Å². The number of nitriles is 1. The molecule has 1 aliphatic carbocycles. The number of carbonyl (C=O) groups is 1. The predicted molar refractivity (Wildman–Crippen MR) is 79.0 cm³/mol. The number of likely N-dealkylation sites (tertiary alicyclic amines) is 1. The molecule has 1 heterocycles. The lowest BCUT2D eigenvalue weighted by Crippen LogP contribution is -2.52. The molecular weight excluding hydrogens is 266 g/mol. The molecule has 21 heavy (non-hydrogen) atoms. The summed E-state index contributed by atoms with van der Waals surface area (Å²) in [5.41, 5.74) is -0.316. The van der Waals surface area contributed by atoms with E-state index in [4.69, 9.17) is 0 Å². The number of nitrogens with one attached hydrogen (secondary N) is 1. The van der Waals surface area contributed by atoms with Gasteiger partial charge in [0.2, 0.25) is 5.91 Å². The lowest BCUT2D eigenvalue weighted by molar-refractivity contribution is -0.131. The minimum absolute atomic E-state index is 0.0557. The molecule has 0 aromatic carbocycles. The van der Waals surface area contributed by atoms with Crippen LogP contribution >= 0.6 is 0 Å². The second kappa shape index (κ2) is 6.93. The first-order valence-corrected chi connectivity index (χ1v) is 7.65. The minimum Gasteiger partial charge on any atom is -0.394 e. The molecule has 0 aromatic heterocycles. The van der Waals surface area contributed by atoms with Gasteiger partial charge in [-0.3, -0.25) is 4.79 Å².